The Morgan fingerprint density at radius 1 is 1.39 bits per heavy atom. The molecule has 0 fully saturated rings. The average molecular weight is 456 g/mol. The number of carbonyl (C=O) groups excluding carboxylic acids is 2. The molecular weight excluding hydrogens is 434 g/mol. The molecule has 0 saturated carbocycles. The van der Waals surface area contributed by atoms with Crippen molar-refractivity contribution in [3.63, 3.8) is 0 Å². The molecule has 1 aliphatic rings. The molecular formula is C23H22ClN3O3S. The second kappa shape index (κ2) is 9.08. The Labute approximate surface area is 189 Å². The summed E-state index contributed by atoms with van der Waals surface area (Å²) in [5.74, 6) is 1.25. The number of nitrogens with one attached hydrogen (secondary N) is 1. The normalized spacial score (nSPS) is 15.1. The number of amides is 1. The van der Waals surface area contributed by atoms with Crippen LogP contribution in [0.4, 0.5) is 0 Å². The first-order chi connectivity index (χ1) is 14.9. The minimum absolute atomic E-state index is 0.0513. The number of aromatic nitrogens is 2. The number of ketones is 1. The average Bonchev–Trinajstić information content (AvgIpc) is 3.49. The van der Waals surface area contributed by atoms with Crippen LogP contribution in [-0.4, -0.2) is 33.9 Å². The number of rotatable bonds is 7. The molecule has 0 aliphatic carbocycles. The third kappa shape index (κ3) is 4.73. The third-order valence-electron chi connectivity index (χ3n) is 5.07. The van der Waals surface area contributed by atoms with Crippen molar-refractivity contribution >= 4 is 40.7 Å². The number of nitrogens with zero attached hydrogens (tertiary/aromatic N) is 2. The lowest BCUT2D eigenvalue weighted by molar-refractivity contribution is -0.116. The van der Waals surface area contributed by atoms with Gasteiger partial charge in [-0.25, -0.2) is 4.98 Å². The SMILES string of the molecule is CCn1ccnc1C=CC(=O)NCC1Cc2cc(-c3ccc(C(C)=O)s3)cc(Cl)c2O1. The Bertz CT molecular complexity index is 1160. The molecule has 0 radical (unpaired) electrons. The van der Waals surface area contributed by atoms with Crippen molar-refractivity contribution in [1.29, 1.82) is 0 Å². The van der Waals surface area contributed by atoms with Crippen LogP contribution >= 0.6 is 22.9 Å². The fraction of sp³-hybridized carbons (Fsp3) is 0.261. The zero-order valence-electron chi connectivity index (χ0n) is 17.2. The number of aryl methyl sites for hydroxylation is 1. The highest BCUT2D eigenvalue weighted by atomic mass is 35.5. The van der Waals surface area contributed by atoms with Crippen molar-refractivity contribution < 1.29 is 14.3 Å². The van der Waals surface area contributed by atoms with Gasteiger partial charge < -0.3 is 14.6 Å². The molecule has 160 valence electrons. The Balaban J connectivity index is 1.38. The highest BCUT2D eigenvalue weighted by Gasteiger charge is 2.26. The first kappa shape index (κ1) is 21.3. The molecule has 31 heavy (non-hydrogen) atoms. The lowest BCUT2D eigenvalue weighted by Gasteiger charge is -2.11. The van der Waals surface area contributed by atoms with E-state index in [1.807, 2.05) is 42.0 Å². The van der Waals surface area contributed by atoms with E-state index in [4.69, 9.17) is 16.3 Å². The number of Topliss-reactive ketones (excluding diaryl/α,β-unsaturated/α-hetero) is 1. The number of hydrogen-bond donors (Lipinski definition) is 1. The first-order valence-corrected chi connectivity index (χ1v) is 11.2. The molecule has 0 bridgehead atoms. The number of carbonyl (C=O) groups is 2. The zero-order chi connectivity index (χ0) is 22.0. The van der Waals surface area contributed by atoms with Crippen LogP contribution in [0.3, 0.4) is 0 Å². The number of hydrogen-bond acceptors (Lipinski definition) is 5. The van der Waals surface area contributed by atoms with Gasteiger partial charge in [-0.15, -0.1) is 11.3 Å². The third-order valence-corrected chi connectivity index (χ3v) is 6.58. The highest BCUT2D eigenvalue weighted by Crippen LogP contribution is 2.41. The van der Waals surface area contributed by atoms with Gasteiger partial charge in [0.1, 0.15) is 17.7 Å². The summed E-state index contributed by atoms with van der Waals surface area (Å²) in [4.78, 5) is 29.7. The van der Waals surface area contributed by atoms with Gasteiger partial charge >= 0.3 is 0 Å². The number of imidazole rings is 1. The molecule has 1 aliphatic heterocycles. The van der Waals surface area contributed by atoms with E-state index in [0.29, 0.717) is 23.7 Å². The second-order valence-corrected chi connectivity index (χ2v) is 8.75. The predicted octanol–water partition coefficient (Wildman–Crippen LogP) is 4.62. The van der Waals surface area contributed by atoms with Crippen LogP contribution in [0.15, 0.2) is 42.7 Å². The lowest BCUT2D eigenvalue weighted by atomic mass is 10.1. The summed E-state index contributed by atoms with van der Waals surface area (Å²) in [5.41, 5.74) is 1.96. The van der Waals surface area contributed by atoms with E-state index in [2.05, 4.69) is 10.3 Å². The maximum atomic E-state index is 12.2. The summed E-state index contributed by atoms with van der Waals surface area (Å²) >= 11 is 7.91. The van der Waals surface area contributed by atoms with Crippen LogP contribution in [0, 0.1) is 0 Å². The number of ether oxygens (including phenoxy) is 1. The van der Waals surface area contributed by atoms with E-state index in [1.165, 1.54) is 17.4 Å². The van der Waals surface area contributed by atoms with E-state index >= 15 is 0 Å². The van der Waals surface area contributed by atoms with Crippen LogP contribution in [0.5, 0.6) is 5.75 Å². The molecule has 1 amide bonds. The summed E-state index contributed by atoms with van der Waals surface area (Å²) in [5, 5.41) is 3.41. The molecule has 0 saturated heterocycles. The van der Waals surface area contributed by atoms with Gasteiger partial charge in [-0.2, -0.15) is 0 Å². The van der Waals surface area contributed by atoms with Gasteiger partial charge in [0.2, 0.25) is 5.91 Å². The number of halogens is 1. The molecule has 1 atom stereocenters. The monoisotopic (exact) mass is 455 g/mol. The molecule has 6 nitrogen and oxygen atoms in total. The Morgan fingerprint density at radius 3 is 2.97 bits per heavy atom. The molecule has 4 rings (SSSR count). The minimum atomic E-state index is -0.202. The van der Waals surface area contributed by atoms with Crippen LogP contribution < -0.4 is 10.1 Å². The van der Waals surface area contributed by atoms with E-state index in [1.54, 1.807) is 19.2 Å². The maximum Gasteiger partial charge on any atom is 0.244 e. The van der Waals surface area contributed by atoms with Crippen LogP contribution in [0.1, 0.15) is 34.9 Å². The van der Waals surface area contributed by atoms with E-state index in [9.17, 15) is 9.59 Å². The summed E-state index contributed by atoms with van der Waals surface area (Å²) in [7, 11) is 0. The smallest absolute Gasteiger partial charge is 0.244 e. The fourth-order valence-electron chi connectivity index (χ4n) is 3.50. The first-order valence-electron chi connectivity index (χ1n) is 10.0. The van der Waals surface area contributed by atoms with Gasteiger partial charge in [0.05, 0.1) is 16.4 Å². The number of fused-ring (bicyclic) bond motifs is 1. The second-order valence-electron chi connectivity index (χ2n) is 7.26. The molecule has 3 heterocycles. The van der Waals surface area contributed by atoms with Gasteiger partial charge in [-0.1, -0.05) is 11.6 Å². The van der Waals surface area contributed by atoms with Crippen molar-refractivity contribution in [3.05, 3.63) is 64.0 Å². The maximum absolute atomic E-state index is 12.2. The molecule has 8 heteroatoms. The number of thiophene rings is 1. The van der Waals surface area contributed by atoms with Crippen molar-refractivity contribution in [2.24, 2.45) is 0 Å². The van der Waals surface area contributed by atoms with Gasteiger partial charge in [0.15, 0.2) is 5.78 Å². The van der Waals surface area contributed by atoms with E-state index < -0.39 is 0 Å². The summed E-state index contributed by atoms with van der Waals surface area (Å²) in [6.07, 6.45) is 7.22. The highest BCUT2D eigenvalue weighted by molar-refractivity contribution is 7.17. The van der Waals surface area contributed by atoms with E-state index in [0.717, 1.165) is 33.3 Å². The Hall–Kier alpha value is -2.90. The van der Waals surface area contributed by atoms with Gasteiger partial charge in [-0.3, -0.25) is 9.59 Å². The van der Waals surface area contributed by atoms with Crippen LogP contribution in [0.25, 0.3) is 16.5 Å². The minimum Gasteiger partial charge on any atom is -0.486 e. The van der Waals surface area contributed by atoms with E-state index in [-0.39, 0.29) is 17.8 Å². The summed E-state index contributed by atoms with van der Waals surface area (Å²) in [6.45, 7) is 4.75. The molecule has 1 N–H and O–H groups in total. The fourth-order valence-corrected chi connectivity index (χ4v) is 4.67. The zero-order valence-corrected chi connectivity index (χ0v) is 18.8. The molecule has 1 aromatic carbocycles. The molecule has 0 spiro atoms. The lowest BCUT2D eigenvalue weighted by Crippen LogP contribution is -2.33. The quantitative estimate of drug-likeness (QED) is 0.416. The molecule has 2 aromatic heterocycles. The Morgan fingerprint density at radius 2 is 2.23 bits per heavy atom. The van der Waals surface area contributed by atoms with Gasteiger partial charge in [-0.05, 0) is 49.8 Å². The van der Waals surface area contributed by atoms with Crippen LogP contribution in [0.2, 0.25) is 5.02 Å². The van der Waals surface area contributed by atoms with Gasteiger partial charge in [0, 0.05) is 41.9 Å². The largest absolute Gasteiger partial charge is 0.486 e. The standard InChI is InChI=1S/C23H22ClN3O3S/c1-3-27-9-8-25-21(27)6-7-22(29)26-13-17-11-16-10-15(12-18(24)23(16)30-17)20-5-4-19(31-20)14(2)28/h4-10,12,17H,3,11,13H2,1-2H3,(H,26,29). The van der Waals surface area contributed by atoms with Crippen LogP contribution in [-0.2, 0) is 17.8 Å². The van der Waals surface area contributed by atoms with Crippen molar-refractivity contribution in [3.8, 4) is 16.2 Å². The summed E-state index contributed by atoms with van der Waals surface area (Å²) in [6, 6.07) is 7.67. The van der Waals surface area contributed by atoms with Crippen molar-refractivity contribution in [2.45, 2.75) is 32.9 Å². The Kier molecular flexibility index (Phi) is 6.25. The van der Waals surface area contributed by atoms with Crippen molar-refractivity contribution in [1.82, 2.24) is 14.9 Å². The molecule has 1 unspecified atom stereocenters. The predicted molar refractivity (Wildman–Crippen MR) is 123 cm³/mol. The topological polar surface area (TPSA) is 73.2 Å². The summed E-state index contributed by atoms with van der Waals surface area (Å²) < 4.78 is 7.92. The number of benzene rings is 1. The van der Waals surface area contributed by atoms with Crippen molar-refractivity contribution in [2.75, 3.05) is 6.54 Å². The van der Waals surface area contributed by atoms with Gasteiger partial charge in [0.25, 0.3) is 0 Å². The molecule has 3 aromatic rings.